The monoisotopic (exact) mass is 1690 g/mol. The van der Waals surface area contributed by atoms with E-state index in [4.69, 9.17) is 51.7 Å². The molecule has 1 fully saturated rings. The van der Waals surface area contributed by atoms with E-state index in [1.807, 2.05) is 19.1 Å². The summed E-state index contributed by atoms with van der Waals surface area (Å²) >= 11 is 9.71. The lowest BCUT2D eigenvalue weighted by molar-refractivity contribution is -0.156. The van der Waals surface area contributed by atoms with Gasteiger partial charge in [0.2, 0.25) is 5.88 Å². The molecule has 34 heteroatoms. The average Bonchev–Trinajstić information content (AvgIpc) is 0.797. The number of ether oxygens (including phenoxy) is 6. The van der Waals surface area contributed by atoms with E-state index < -0.39 is 45.7 Å². The van der Waals surface area contributed by atoms with Gasteiger partial charge in [0.1, 0.15) is 52.8 Å². The Morgan fingerprint density at radius 2 is 1.17 bits per heavy atom. The standard InChI is InChI=1S/C12H14BrFO3.C11H4F4N2O3S.C11H6FNO.C10H6BrFO.C10H5FN2.C6H5BrFN.C6H13NO2.C6H12O4/c1-16-12(17-2)7-10(15)6-8-5-9(14)3-4-11(8)13;12-8-3-1-6(5-16)10-7(8)2-4-9(17-10)20-21(18,19)11(13,14)15;12-11-4-1-7(6-13)10-5-8(14)2-3-9(10)11;11-9-3-4-10(12)7-2-1-6(13)5-8(7)9;11-9-4-3-7(6-12)10-8(9)2-1-5-13-10;7-5-2-1-4(8)3-6(5)9;1-5-2-7-3-6(4-8)9-5;1-8-5(7)4-6(9-2)10-3/h3-5,12H,6-7H2,1-2H3;1-4H;1-4H,5H2;1-4H,5H2;1-5H;1-3H,9H2;5-8H,2-4H2,1H3;6H,4H2,1-3H3/t;;;;;;5-,6-;/m......1./s1/i;;;;5D;;;. The summed E-state index contributed by atoms with van der Waals surface area (Å²) in [6.45, 7) is 3.80. The molecule has 2 aliphatic carbocycles. The van der Waals surface area contributed by atoms with Gasteiger partial charge in [-0.15, -0.1) is 0 Å². The number of fused-ring (bicyclic) bond motifs is 4. The Balaban J connectivity index is 0.000000262. The fourth-order valence-electron chi connectivity index (χ4n) is 8.92. The highest BCUT2D eigenvalue weighted by Crippen LogP contribution is 2.31. The van der Waals surface area contributed by atoms with Crippen LogP contribution in [-0.4, -0.2) is 132 Å². The molecule has 2 aromatic heterocycles. The van der Waals surface area contributed by atoms with Crippen LogP contribution in [0.25, 0.3) is 34.0 Å². The molecule has 562 valence electrons. The number of alkyl halides is 3. The van der Waals surface area contributed by atoms with E-state index in [1.165, 1.54) is 127 Å². The van der Waals surface area contributed by atoms with E-state index in [0.717, 1.165) is 56.3 Å². The van der Waals surface area contributed by atoms with Crippen molar-refractivity contribution in [2.75, 3.05) is 61.0 Å². The molecule has 0 saturated carbocycles. The molecule has 3 heterocycles. The number of aliphatic hydroxyl groups is 1. The zero-order valence-corrected chi connectivity index (χ0v) is 62.3. The minimum absolute atomic E-state index is 0.00810. The van der Waals surface area contributed by atoms with Crippen LogP contribution in [0.3, 0.4) is 0 Å². The van der Waals surface area contributed by atoms with Gasteiger partial charge in [-0.1, -0.05) is 31.9 Å². The van der Waals surface area contributed by atoms with Crippen LogP contribution in [0.2, 0.25) is 0 Å². The molecule has 6 aromatic carbocycles. The first kappa shape index (κ1) is 87.3. The van der Waals surface area contributed by atoms with Crippen molar-refractivity contribution in [1.82, 2.24) is 15.3 Å². The summed E-state index contributed by atoms with van der Waals surface area (Å²) in [5, 5.41) is 38.3. The Bertz CT molecular complexity index is 4770. The normalized spacial score (nSPS) is 13.9. The van der Waals surface area contributed by atoms with Crippen LogP contribution in [0, 0.1) is 68.9 Å². The number of methoxy groups -OCH3 is 5. The number of carbonyl (C=O) groups excluding carboxylic acids is 4. The molecule has 0 spiro atoms. The van der Waals surface area contributed by atoms with Crippen molar-refractivity contribution in [3.05, 3.63) is 220 Å². The Kier molecular flexibility index (Phi) is 36.2. The molecule has 1 aliphatic heterocycles. The largest absolute Gasteiger partial charge is 0.534 e. The number of aliphatic hydroxyl groups excluding tert-OH is 1. The number of nitrogen functional groups attached to an aromatic ring is 1. The van der Waals surface area contributed by atoms with Crippen molar-refractivity contribution in [3.63, 3.8) is 0 Å². The van der Waals surface area contributed by atoms with Crippen LogP contribution in [0.1, 0.15) is 65.6 Å². The number of ketones is 3. The van der Waals surface area contributed by atoms with Gasteiger partial charge in [0.15, 0.2) is 24.1 Å². The third-order valence-corrected chi connectivity index (χ3v) is 17.4. The van der Waals surface area contributed by atoms with Crippen LogP contribution in [0.5, 0.6) is 5.88 Å². The van der Waals surface area contributed by atoms with Gasteiger partial charge < -0.3 is 48.8 Å². The Labute approximate surface area is 629 Å². The number of allylic oxidation sites excluding steroid dienone is 2. The Morgan fingerprint density at radius 3 is 1.69 bits per heavy atom. The van der Waals surface area contributed by atoms with Gasteiger partial charge in [-0.25, -0.2) is 31.3 Å². The SMILES string of the molecule is COC(=O)CC(OC)OC.COC(CC(=O)Cc1cc(F)ccc1Br)OC.C[C@@H]1CNC[C@H](CO)O1.N#Cc1ccc(F)c2c1CC(=O)C=C2.N#Cc1ccc(F)c2ccc(OS(=O)(=O)C(F)(F)F)nc12.Nc1cc(F)ccc1Br.O=C1C=Cc2c(F)ccc(Br)c2C1.[2H]c1ccc2c(F)ccc(C#N)c2n1. The zero-order chi connectivity index (χ0) is 79.9. The first-order valence-electron chi connectivity index (χ1n) is 31.0. The highest BCUT2D eigenvalue weighted by Gasteiger charge is 2.49. The maximum absolute atomic E-state index is 13.5. The second kappa shape index (κ2) is 43.9. The van der Waals surface area contributed by atoms with E-state index in [1.54, 1.807) is 24.3 Å². The first-order chi connectivity index (χ1) is 50.6. The summed E-state index contributed by atoms with van der Waals surface area (Å²) in [5.74, 6) is -3.92. The second-order valence-corrected chi connectivity index (χ2v) is 25.7. The van der Waals surface area contributed by atoms with Gasteiger partial charge in [-0.05, 0) is 167 Å². The number of aromatic nitrogens is 2. The van der Waals surface area contributed by atoms with Gasteiger partial charge >= 0.3 is 21.6 Å². The maximum atomic E-state index is 13.5. The first-order valence-corrected chi connectivity index (χ1v) is 34.3. The maximum Gasteiger partial charge on any atom is 0.534 e. The average molecular weight is 1700 g/mol. The van der Waals surface area contributed by atoms with Crippen LogP contribution >= 0.6 is 47.8 Å². The van der Waals surface area contributed by atoms with Crippen LogP contribution in [0.15, 0.2) is 141 Å². The van der Waals surface area contributed by atoms with Crippen LogP contribution in [-0.2, 0) is 77.0 Å². The molecule has 3 aliphatic rings. The molecule has 0 amide bonds. The van der Waals surface area contributed by atoms with Gasteiger partial charge in [-0.2, -0.15) is 37.4 Å². The number of pyridine rings is 2. The molecule has 2 atom stereocenters. The minimum Gasteiger partial charge on any atom is -0.469 e. The van der Waals surface area contributed by atoms with Crippen LogP contribution in [0.4, 0.5) is 45.2 Å². The van der Waals surface area contributed by atoms with Gasteiger partial charge in [0.05, 0.1) is 73.9 Å². The van der Waals surface area contributed by atoms with Crippen molar-refractivity contribution in [2.24, 2.45) is 0 Å². The summed E-state index contributed by atoms with van der Waals surface area (Å²) in [7, 11) is 1.32. The number of carbonyl (C=O) groups is 4. The fraction of sp³-hybridized carbons (Fsp3) is 0.264. The number of nitrogens with two attached hydrogens (primary N) is 1. The molecular weight excluding hydrogens is 1630 g/mol. The van der Waals surface area contributed by atoms with E-state index in [0.29, 0.717) is 33.5 Å². The topological polar surface area (TPSA) is 322 Å². The van der Waals surface area contributed by atoms with Crippen LogP contribution < -0.4 is 15.2 Å². The molecule has 0 unspecified atom stereocenters. The number of nitrogens with one attached hydrogen (secondary N) is 1. The summed E-state index contributed by atoms with van der Waals surface area (Å²) < 4.78 is 179. The highest BCUT2D eigenvalue weighted by atomic mass is 79.9. The molecule has 1 saturated heterocycles. The predicted octanol–water partition coefficient (Wildman–Crippen LogP) is 13.7. The molecule has 0 radical (unpaired) electrons. The Hall–Kier alpha value is -9.35. The summed E-state index contributed by atoms with van der Waals surface area (Å²) in [6, 6.07) is 28.9. The quantitative estimate of drug-likeness (QED) is 0.0241. The summed E-state index contributed by atoms with van der Waals surface area (Å²) in [4.78, 5) is 51.7. The van der Waals surface area contributed by atoms with Crippen molar-refractivity contribution in [1.29, 1.82) is 15.8 Å². The second-order valence-electron chi connectivity index (χ2n) is 21.6. The minimum atomic E-state index is -5.89. The van der Waals surface area contributed by atoms with Crippen molar-refractivity contribution in [3.8, 4) is 24.1 Å². The lowest BCUT2D eigenvalue weighted by atomic mass is 9.92. The van der Waals surface area contributed by atoms with Gasteiger partial charge in [0, 0.05) is 114 Å². The molecule has 11 rings (SSSR count). The number of anilines is 1. The number of rotatable bonds is 13. The third-order valence-electron chi connectivity index (χ3n) is 14.2. The summed E-state index contributed by atoms with van der Waals surface area (Å²) in [5.41, 5.74) is 3.37. The fourth-order valence-corrected chi connectivity index (χ4v) is 10.5. The smallest absolute Gasteiger partial charge is 0.469 e. The molecule has 21 nitrogen and oxygen atoms in total. The number of hydrogen-bond donors (Lipinski definition) is 3. The third kappa shape index (κ3) is 27.8. The highest BCUT2D eigenvalue weighted by molar-refractivity contribution is 9.11. The number of morpholine rings is 1. The van der Waals surface area contributed by atoms with E-state index >= 15 is 0 Å². The lowest BCUT2D eigenvalue weighted by Gasteiger charge is -2.27. The van der Waals surface area contributed by atoms with Gasteiger partial charge in [0.25, 0.3) is 0 Å². The molecular formula is C72H65Br3F9N7O14S. The zero-order valence-electron chi connectivity index (χ0n) is 57.7. The van der Waals surface area contributed by atoms with E-state index in [9.17, 15) is 67.1 Å². The number of nitrogens with zero attached hydrogens (tertiary/aromatic N) is 5. The lowest BCUT2D eigenvalue weighted by Crippen LogP contribution is -2.44. The predicted molar refractivity (Wildman–Crippen MR) is 382 cm³/mol. The van der Waals surface area contributed by atoms with Gasteiger partial charge in [-0.3, -0.25) is 24.2 Å². The number of esters is 1. The van der Waals surface area contributed by atoms with Crippen molar-refractivity contribution < 1.29 is 106 Å². The molecule has 0 bridgehead atoms. The van der Waals surface area contributed by atoms with Crippen molar-refractivity contribution in [2.45, 2.75) is 69.3 Å². The number of halogens is 12. The number of benzene rings is 6. The molecule has 106 heavy (non-hydrogen) atoms. The molecule has 4 N–H and O–H groups in total. The number of nitriles is 3. The number of hydrogen-bond acceptors (Lipinski definition) is 21. The van der Waals surface area contributed by atoms with E-state index in [2.05, 4.69) is 72.0 Å². The van der Waals surface area contributed by atoms with Crippen molar-refractivity contribution >= 4 is 121 Å². The summed E-state index contributed by atoms with van der Waals surface area (Å²) in [6.07, 6.45) is 5.78. The molecule has 8 aromatic rings. The van der Waals surface area contributed by atoms with E-state index in [-0.39, 0.29) is 137 Å². The number of Topliss-reactive ketones (excluding diaryl/α,β-unsaturated/α-hetero) is 1. The Morgan fingerprint density at radius 1 is 0.670 bits per heavy atom.